The van der Waals surface area contributed by atoms with Crippen LogP contribution in [0.4, 0.5) is 0 Å². The molecule has 0 unspecified atom stereocenters. The summed E-state index contributed by atoms with van der Waals surface area (Å²) in [5.74, 6) is -0.951. The number of hydrogen-bond acceptors (Lipinski definition) is 2. The molecule has 0 aromatic rings. The van der Waals surface area contributed by atoms with Crippen molar-refractivity contribution in [3.8, 4) is 0 Å². The summed E-state index contributed by atoms with van der Waals surface area (Å²) in [6.07, 6.45) is 35.0. The van der Waals surface area contributed by atoms with E-state index >= 15 is 0 Å². The van der Waals surface area contributed by atoms with E-state index in [1.165, 1.54) is 0 Å². The highest BCUT2D eigenvalue weighted by molar-refractivity contribution is 5.64. The van der Waals surface area contributed by atoms with Crippen molar-refractivity contribution in [1.82, 2.24) is 0 Å². The van der Waals surface area contributed by atoms with E-state index in [1.807, 2.05) is 0 Å². The Morgan fingerprint density at radius 2 is 1.00 bits per heavy atom. The molecule has 2 nitrogen and oxygen atoms in total. The van der Waals surface area contributed by atoms with E-state index in [0.29, 0.717) is 6.42 Å². The third-order valence-electron chi connectivity index (χ3n) is 3.60. The van der Waals surface area contributed by atoms with Gasteiger partial charge in [-0.3, -0.25) is 0 Å². The molecule has 0 aliphatic heterocycles. The lowest BCUT2D eigenvalue weighted by atomic mass is 10.2. The molecule has 0 N–H and O–H groups in total. The van der Waals surface area contributed by atoms with E-state index in [-0.39, 0.29) is 6.42 Å². The van der Waals surface area contributed by atoms with Crippen LogP contribution in [0.2, 0.25) is 0 Å². The van der Waals surface area contributed by atoms with Gasteiger partial charge in [-0.25, -0.2) is 0 Å². The Hall–Kier alpha value is -2.09. The first-order valence-electron chi connectivity index (χ1n) is 9.87. The van der Waals surface area contributed by atoms with Crippen LogP contribution < -0.4 is 5.11 Å². The lowest BCUT2D eigenvalue weighted by Crippen LogP contribution is -2.21. The third kappa shape index (κ3) is 21.9. The number of allylic oxidation sites excluding steroid dienone is 12. The van der Waals surface area contributed by atoms with Gasteiger partial charge in [0.1, 0.15) is 0 Å². The van der Waals surface area contributed by atoms with Crippen LogP contribution >= 0.6 is 0 Å². The quantitative estimate of drug-likeness (QED) is 0.252. The molecule has 0 rings (SSSR count). The first-order valence-corrected chi connectivity index (χ1v) is 9.87. The second-order valence-electron chi connectivity index (χ2n) is 6.03. The van der Waals surface area contributed by atoms with Crippen LogP contribution in [-0.4, -0.2) is 5.97 Å². The van der Waals surface area contributed by atoms with Gasteiger partial charge < -0.3 is 9.90 Å². The fourth-order valence-electron chi connectivity index (χ4n) is 2.17. The monoisotopic (exact) mass is 355 g/mol. The average molecular weight is 356 g/mol. The van der Waals surface area contributed by atoms with Crippen molar-refractivity contribution in [3.63, 3.8) is 0 Å². The number of carboxylic acid groups (broad SMARTS) is 1. The van der Waals surface area contributed by atoms with Crippen LogP contribution in [0, 0.1) is 0 Å². The molecule has 2 heteroatoms. The molecule has 0 aromatic carbocycles. The summed E-state index contributed by atoms with van der Waals surface area (Å²) < 4.78 is 0. The fraction of sp³-hybridized carbons (Fsp3) is 0.458. The molecule has 0 saturated heterocycles. The van der Waals surface area contributed by atoms with Crippen LogP contribution in [0.3, 0.4) is 0 Å². The fourth-order valence-corrected chi connectivity index (χ4v) is 2.17. The van der Waals surface area contributed by atoms with Gasteiger partial charge in [0.15, 0.2) is 0 Å². The second kappa shape index (κ2) is 21.0. The molecule has 144 valence electrons. The average Bonchev–Trinajstić information content (AvgIpc) is 2.62. The van der Waals surface area contributed by atoms with Crippen molar-refractivity contribution >= 4 is 5.97 Å². The largest absolute Gasteiger partial charge is 0.550 e. The molecule has 0 aromatic heterocycles. The zero-order chi connectivity index (χ0) is 19.1. The molecule has 0 aliphatic rings. The summed E-state index contributed by atoms with van der Waals surface area (Å²) in [7, 11) is 0. The summed E-state index contributed by atoms with van der Waals surface area (Å²) in [6.45, 7) is 2.15. The molecular formula is C24H35O2-. The Labute approximate surface area is 160 Å². The Bertz CT molecular complexity index is 490. The van der Waals surface area contributed by atoms with Crippen molar-refractivity contribution in [2.75, 3.05) is 0 Å². The maximum atomic E-state index is 10.2. The molecule has 0 bridgehead atoms. The topological polar surface area (TPSA) is 40.1 Å². The van der Waals surface area contributed by atoms with Crippen molar-refractivity contribution < 1.29 is 9.90 Å². The predicted octanol–water partition coefficient (Wildman–Crippen LogP) is 5.99. The van der Waals surface area contributed by atoms with E-state index in [4.69, 9.17) is 0 Å². The van der Waals surface area contributed by atoms with E-state index in [9.17, 15) is 9.90 Å². The smallest absolute Gasteiger partial charge is 0.0414 e. The first kappa shape index (κ1) is 23.9. The minimum atomic E-state index is -0.951. The molecular weight excluding hydrogens is 320 g/mol. The Morgan fingerprint density at radius 3 is 1.38 bits per heavy atom. The van der Waals surface area contributed by atoms with Gasteiger partial charge in [0, 0.05) is 5.97 Å². The minimum absolute atomic E-state index is 0.169. The molecule has 0 aliphatic carbocycles. The van der Waals surface area contributed by atoms with Gasteiger partial charge in [0.05, 0.1) is 0 Å². The number of carboxylic acids is 1. The summed E-state index contributed by atoms with van der Waals surface area (Å²) in [4.78, 5) is 10.2. The Morgan fingerprint density at radius 1 is 0.615 bits per heavy atom. The number of carbonyl (C=O) groups is 1. The van der Waals surface area contributed by atoms with Gasteiger partial charge in [-0.05, 0) is 64.2 Å². The maximum absolute atomic E-state index is 10.2. The van der Waals surface area contributed by atoms with Gasteiger partial charge in [-0.15, -0.1) is 0 Å². The van der Waals surface area contributed by atoms with Crippen LogP contribution in [0.15, 0.2) is 72.9 Å². The summed E-state index contributed by atoms with van der Waals surface area (Å²) in [5, 5.41) is 10.2. The molecule has 26 heavy (non-hydrogen) atoms. The first-order chi connectivity index (χ1) is 12.8. The number of carbonyl (C=O) groups excluding carboxylic acids is 1. The summed E-state index contributed by atoms with van der Waals surface area (Å²) in [5.41, 5.74) is 0. The van der Waals surface area contributed by atoms with Crippen LogP contribution in [0.25, 0.3) is 0 Å². The van der Waals surface area contributed by atoms with Crippen LogP contribution in [0.1, 0.15) is 71.1 Å². The molecule has 0 fully saturated rings. The van der Waals surface area contributed by atoms with Crippen LogP contribution in [0.5, 0.6) is 0 Å². The Kier molecular flexibility index (Phi) is 19.3. The lowest BCUT2D eigenvalue weighted by molar-refractivity contribution is -0.305. The number of hydrogen-bond donors (Lipinski definition) is 0. The highest BCUT2D eigenvalue weighted by Crippen LogP contribution is 2.01. The number of rotatable bonds is 16. The summed E-state index contributed by atoms with van der Waals surface area (Å²) in [6, 6.07) is 0. The van der Waals surface area contributed by atoms with Crippen molar-refractivity contribution in [2.45, 2.75) is 71.1 Å². The van der Waals surface area contributed by atoms with Gasteiger partial charge in [0.2, 0.25) is 0 Å². The van der Waals surface area contributed by atoms with Crippen molar-refractivity contribution in [3.05, 3.63) is 72.9 Å². The van der Waals surface area contributed by atoms with Gasteiger partial charge in [0.25, 0.3) is 0 Å². The number of aliphatic carboxylic acids is 1. The molecule has 0 radical (unpaired) electrons. The standard InChI is InChI=1S/C24H36O2/c1-2-3-4-5-6-7-8-9-10-11-12-13-14-15-16-17-18-19-20-21-22-23-24(25)26/h3-4,6-7,9-10,12-13,15-16,18-19H,2,5,8,11,14,17,20-23H2,1H3,(H,25,26)/p-1/b4-3-,7-6-,10-9-,13-12-,16-15-,19-18-. The lowest BCUT2D eigenvalue weighted by Gasteiger charge is -1.98. The van der Waals surface area contributed by atoms with Gasteiger partial charge in [-0.1, -0.05) is 79.8 Å². The third-order valence-corrected chi connectivity index (χ3v) is 3.60. The molecule has 0 amide bonds. The van der Waals surface area contributed by atoms with Gasteiger partial charge in [-0.2, -0.15) is 0 Å². The van der Waals surface area contributed by atoms with Crippen molar-refractivity contribution in [2.24, 2.45) is 0 Å². The van der Waals surface area contributed by atoms with Gasteiger partial charge >= 0.3 is 0 Å². The maximum Gasteiger partial charge on any atom is 0.0414 e. The summed E-state index contributed by atoms with van der Waals surface area (Å²) >= 11 is 0. The highest BCUT2D eigenvalue weighted by Gasteiger charge is 1.86. The molecule has 0 spiro atoms. The zero-order valence-electron chi connectivity index (χ0n) is 16.3. The second-order valence-corrected chi connectivity index (χ2v) is 6.03. The van der Waals surface area contributed by atoms with E-state index in [1.54, 1.807) is 0 Å². The number of unbranched alkanes of at least 4 members (excludes halogenated alkanes) is 2. The highest BCUT2D eigenvalue weighted by atomic mass is 16.4. The Balaban J connectivity index is 3.48. The van der Waals surface area contributed by atoms with Crippen molar-refractivity contribution in [1.29, 1.82) is 0 Å². The molecule has 0 heterocycles. The predicted molar refractivity (Wildman–Crippen MR) is 112 cm³/mol. The van der Waals surface area contributed by atoms with Crippen LogP contribution in [-0.2, 0) is 4.79 Å². The van der Waals surface area contributed by atoms with E-state index < -0.39 is 5.97 Å². The SMILES string of the molecule is CC/C=C\C/C=C\C/C=C\C/C=C\C/C=C\C/C=C\CCCCC(=O)[O-]. The van der Waals surface area contributed by atoms with E-state index in [0.717, 1.165) is 51.4 Å². The minimum Gasteiger partial charge on any atom is -0.550 e. The molecule has 0 saturated carbocycles. The zero-order valence-corrected chi connectivity index (χ0v) is 16.3. The van der Waals surface area contributed by atoms with E-state index in [2.05, 4.69) is 79.8 Å². The normalized spacial score (nSPS) is 13.0. The molecule has 0 atom stereocenters.